The van der Waals surface area contributed by atoms with Gasteiger partial charge in [0.15, 0.2) is 5.16 Å². The molecule has 148 valence electrons. The van der Waals surface area contributed by atoms with Gasteiger partial charge >= 0.3 is 5.97 Å². The molecular formula is C14H14N6O5S3. The van der Waals surface area contributed by atoms with Gasteiger partial charge < -0.3 is 16.2 Å². The number of rotatable bonds is 8. The van der Waals surface area contributed by atoms with E-state index in [-0.39, 0.29) is 11.4 Å². The van der Waals surface area contributed by atoms with Crippen molar-refractivity contribution in [1.82, 2.24) is 25.4 Å². The van der Waals surface area contributed by atoms with Crippen molar-refractivity contribution in [3.63, 3.8) is 0 Å². The summed E-state index contributed by atoms with van der Waals surface area (Å²) in [6.07, 6.45) is 2.43. The van der Waals surface area contributed by atoms with Crippen LogP contribution in [0.3, 0.4) is 0 Å². The summed E-state index contributed by atoms with van der Waals surface area (Å²) in [7, 11) is 0. The zero-order valence-electron chi connectivity index (χ0n) is 14.0. The number of carboxylic acid groups (broad SMARTS) is 1. The summed E-state index contributed by atoms with van der Waals surface area (Å²) in [5.41, 5.74) is 4.84. The van der Waals surface area contributed by atoms with Gasteiger partial charge in [0, 0.05) is 16.7 Å². The molecule has 0 bridgehead atoms. The lowest BCUT2D eigenvalue weighted by atomic mass is 10.1. The van der Waals surface area contributed by atoms with Crippen LogP contribution >= 0.6 is 35.3 Å². The van der Waals surface area contributed by atoms with E-state index in [0.717, 1.165) is 29.6 Å². The summed E-state index contributed by atoms with van der Waals surface area (Å²) in [5.74, 6) is -2.39. The third-order valence-electron chi connectivity index (χ3n) is 3.61. The van der Waals surface area contributed by atoms with Gasteiger partial charge in [-0.25, -0.2) is 9.78 Å². The summed E-state index contributed by atoms with van der Waals surface area (Å²) >= 11 is 3.51. The first-order valence-corrected chi connectivity index (χ1v) is 10.6. The third-order valence-corrected chi connectivity index (χ3v) is 6.80. The number of thioether (sulfide) groups is 3. The van der Waals surface area contributed by atoms with E-state index in [1.54, 1.807) is 0 Å². The molecule has 28 heavy (non-hydrogen) atoms. The number of carboxylic acids is 1. The first-order valence-electron chi connectivity index (χ1n) is 7.69. The quantitative estimate of drug-likeness (QED) is 0.299. The lowest BCUT2D eigenvalue weighted by Crippen LogP contribution is -2.70. The van der Waals surface area contributed by atoms with Gasteiger partial charge in [0.05, 0.1) is 5.75 Å². The number of hydrogen-bond donors (Lipinski definition) is 4. The minimum atomic E-state index is -1.22. The first-order chi connectivity index (χ1) is 13.4. The Labute approximate surface area is 170 Å². The largest absolute Gasteiger partial charge is 0.477 e. The molecule has 3 heterocycles. The van der Waals surface area contributed by atoms with Crippen molar-refractivity contribution in [1.29, 1.82) is 0 Å². The van der Waals surface area contributed by atoms with Crippen LogP contribution in [0.25, 0.3) is 0 Å². The second kappa shape index (κ2) is 8.70. The SMILES string of the molecule is NC(=O)C=CSCC(=O)N[C@@H]1C(=O)N2C(C(=O)O)=C(Sc3ncn[nH]3)CS[C@@H]12. The highest BCUT2D eigenvalue weighted by molar-refractivity contribution is 8.06. The molecule has 2 aliphatic rings. The predicted octanol–water partition coefficient (Wildman–Crippen LogP) is -0.675. The number of nitrogens with one attached hydrogen (secondary N) is 2. The Bertz CT molecular complexity index is 871. The van der Waals surface area contributed by atoms with Crippen LogP contribution in [0.4, 0.5) is 0 Å². The normalized spacial score (nSPS) is 21.4. The van der Waals surface area contributed by atoms with Crippen molar-refractivity contribution in [2.45, 2.75) is 16.6 Å². The van der Waals surface area contributed by atoms with Gasteiger partial charge in [-0.15, -0.1) is 23.5 Å². The van der Waals surface area contributed by atoms with Crippen molar-refractivity contribution in [3.8, 4) is 0 Å². The average molecular weight is 443 g/mol. The lowest BCUT2D eigenvalue weighted by Gasteiger charge is -2.49. The number of fused-ring (bicyclic) bond motifs is 1. The summed E-state index contributed by atoms with van der Waals surface area (Å²) in [5, 5.41) is 19.8. The molecule has 1 aromatic heterocycles. The number of nitrogens with zero attached hydrogens (tertiary/aromatic N) is 3. The number of carbonyl (C=O) groups is 4. The molecule has 2 aliphatic heterocycles. The molecule has 2 atom stereocenters. The van der Waals surface area contributed by atoms with E-state index in [9.17, 15) is 24.3 Å². The van der Waals surface area contributed by atoms with Crippen LogP contribution in [0, 0.1) is 0 Å². The minimum absolute atomic E-state index is 0.000824. The highest BCUT2D eigenvalue weighted by Gasteiger charge is 2.54. The smallest absolute Gasteiger partial charge is 0.353 e. The van der Waals surface area contributed by atoms with E-state index >= 15 is 0 Å². The maximum atomic E-state index is 12.5. The van der Waals surface area contributed by atoms with Gasteiger partial charge in [0.2, 0.25) is 11.8 Å². The molecule has 1 aromatic rings. The molecule has 0 spiro atoms. The number of hydrogen-bond acceptors (Lipinski definition) is 9. The molecule has 3 amide bonds. The first kappa shape index (κ1) is 20.3. The topological polar surface area (TPSA) is 171 Å². The van der Waals surface area contributed by atoms with E-state index in [0.29, 0.717) is 15.8 Å². The van der Waals surface area contributed by atoms with E-state index in [2.05, 4.69) is 20.5 Å². The molecule has 0 radical (unpaired) electrons. The summed E-state index contributed by atoms with van der Waals surface area (Å²) in [4.78, 5) is 52.4. The van der Waals surface area contributed by atoms with Gasteiger partial charge in [-0.05, 0) is 5.41 Å². The Morgan fingerprint density at radius 1 is 1.50 bits per heavy atom. The van der Waals surface area contributed by atoms with Crippen molar-refractivity contribution >= 4 is 59.0 Å². The van der Waals surface area contributed by atoms with Gasteiger partial charge in [0.25, 0.3) is 5.91 Å². The van der Waals surface area contributed by atoms with E-state index in [4.69, 9.17) is 5.73 Å². The van der Waals surface area contributed by atoms with Crippen LogP contribution in [-0.2, 0) is 19.2 Å². The second-order valence-corrected chi connectivity index (χ2v) is 8.52. The molecule has 11 nitrogen and oxygen atoms in total. The number of nitrogens with two attached hydrogens (primary N) is 1. The van der Waals surface area contributed by atoms with E-state index in [1.807, 2.05) is 0 Å². The standard InChI is InChI=1S/C14H14N6O5S3/c15-7(21)1-2-26-4-8(22)18-9-11(23)20-10(13(24)25)6(3-27-12(9)20)28-14-16-5-17-19-14/h1-2,5,9,12H,3-4H2,(H2,15,21)(H,18,22)(H,24,25)(H,16,17,19)/t9-,12+/m1/s1. The van der Waals surface area contributed by atoms with Gasteiger partial charge in [-0.2, -0.15) is 5.10 Å². The van der Waals surface area contributed by atoms with Crippen LogP contribution in [-0.4, -0.2) is 71.8 Å². The van der Waals surface area contributed by atoms with E-state index < -0.39 is 35.1 Å². The van der Waals surface area contributed by atoms with Crippen molar-refractivity contribution in [2.75, 3.05) is 11.5 Å². The molecule has 14 heteroatoms. The molecular weight excluding hydrogens is 428 g/mol. The van der Waals surface area contributed by atoms with Gasteiger partial charge in [0.1, 0.15) is 23.4 Å². The number of carbonyl (C=O) groups excluding carboxylic acids is 3. The number of amides is 3. The lowest BCUT2D eigenvalue weighted by molar-refractivity contribution is -0.150. The van der Waals surface area contributed by atoms with Gasteiger partial charge in [-0.3, -0.25) is 24.4 Å². The van der Waals surface area contributed by atoms with Crippen molar-refractivity contribution < 1.29 is 24.3 Å². The molecule has 3 rings (SSSR count). The number of aliphatic carboxylic acids is 1. The van der Waals surface area contributed by atoms with Gasteiger partial charge in [-0.1, -0.05) is 11.8 Å². The zero-order chi connectivity index (χ0) is 20.3. The van der Waals surface area contributed by atoms with Crippen LogP contribution < -0.4 is 11.1 Å². The maximum absolute atomic E-state index is 12.5. The van der Waals surface area contributed by atoms with Crippen molar-refractivity contribution in [2.24, 2.45) is 5.73 Å². The minimum Gasteiger partial charge on any atom is -0.477 e. The fraction of sp³-hybridized carbons (Fsp3) is 0.286. The summed E-state index contributed by atoms with van der Waals surface area (Å²) in [6, 6.07) is -0.801. The molecule has 0 aromatic carbocycles. The number of aromatic amines is 1. The molecule has 5 N–H and O–H groups in total. The Balaban J connectivity index is 1.65. The monoisotopic (exact) mass is 442 g/mol. The van der Waals surface area contributed by atoms with Crippen LogP contribution in [0.1, 0.15) is 0 Å². The zero-order valence-corrected chi connectivity index (χ0v) is 16.5. The van der Waals surface area contributed by atoms with Crippen LogP contribution in [0.5, 0.6) is 0 Å². The third kappa shape index (κ3) is 4.34. The molecule has 0 unspecified atom stereocenters. The fourth-order valence-electron chi connectivity index (χ4n) is 2.48. The number of aromatic nitrogens is 3. The molecule has 0 aliphatic carbocycles. The molecule has 0 saturated carbocycles. The summed E-state index contributed by atoms with van der Waals surface area (Å²) < 4.78 is 0. The van der Waals surface area contributed by atoms with Crippen molar-refractivity contribution in [3.05, 3.63) is 28.4 Å². The number of H-pyrrole nitrogens is 1. The molecule has 1 fully saturated rings. The predicted molar refractivity (Wildman–Crippen MR) is 103 cm³/mol. The Morgan fingerprint density at radius 2 is 2.29 bits per heavy atom. The maximum Gasteiger partial charge on any atom is 0.353 e. The molecule has 1 saturated heterocycles. The van der Waals surface area contributed by atoms with E-state index in [1.165, 1.54) is 28.4 Å². The summed E-state index contributed by atoms with van der Waals surface area (Å²) in [6.45, 7) is 0. The number of primary amides is 1. The Hall–Kier alpha value is -2.45. The fourth-order valence-corrected chi connectivity index (χ4v) is 5.39. The number of β-lactam (4-membered cyclic amide) rings is 1. The second-order valence-electron chi connectivity index (χ2n) is 5.44. The Morgan fingerprint density at radius 3 is 2.93 bits per heavy atom. The highest BCUT2D eigenvalue weighted by atomic mass is 32.2. The Kier molecular flexibility index (Phi) is 6.31. The highest BCUT2D eigenvalue weighted by Crippen LogP contribution is 2.44. The van der Waals surface area contributed by atoms with Crippen LogP contribution in [0.15, 0.2) is 33.6 Å². The van der Waals surface area contributed by atoms with Crippen LogP contribution in [0.2, 0.25) is 0 Å². The average Bonchev–Trinajstić information content (AvgIpc) is 3.15.